The summed E-state index contributed by atoms with van der Waals surface area (Å²) in [4.78, 5) is 16.7. The number of carbonyl (C=O) groups is 1. The van der Waals surface area contributed by atoms with Crippen molar-refractivity contribution in [2.45, 2.75) is 19.8 Å². The second-order valence-corrected chi connectivity index (χ2v) is 8.24. The molecule has 3 aromatic rings. The van der Waals surface area contributed by atoms with E-state index in [1.165, 1.54) is 23.0 Å². The molecule has 4 nitrogen and oxygen atoms in total. The molecular formula is C22H21BrN2O2S. The van der Waals surface area contributed by atoms with Crippen LogP contribution >= 0.6 is 27.3 Å². The van der Waals surface area contributed by atoms with Gasteiger partial charge in [-0.3, -0.25) is 10.1 Å². The minimum atomic E-state index is -0.204. The van der Waals surface area contributed by atoms with Gasteiger partial charge in [0.1, 0.15) is 5.75 Å². The predicted octanol–water partition coefficient (Wildman–Crippen LogP) is 6.36. The van der Waals surface area contributed by atoms with Gasteiger partial charge in [0.2, 0.25) is 5.91 Å². The van der Waals surface area contributed by atoms with E-state index in [1.54, 1.807) is 13.2 Å². The third kappa shape index (κ3) is 5.09. The Morgan fingerprint density at radius 2 is 1.96 bits per heavy atom. The van der Waals surface area contributed by atoms with Crippen molar-refractivity contribution in [3.8, 4) is 17.0 Å². The molecule has 2 aromatic carbocycles. The summed E-state index contributed by atoms with van der Waals surface area (Å²) in [6.07, 6.45) is 3.32. The molecule has 0 bridgehead atoms. The van der Waals surface area contributed by atoms with Crippen molar-refractivity contribution < 1.29 is 9.53 Å². The zero-order chi connectivity index (χ0) is 20.1. The highest BCUT2D eigenvalue weighted by atomic mass is 79.9. The van der Waals surface area contributed by atoms with Crippen molar-refractivity contribution in [1.29, 1.82) is 0 Å². The van der Waals surface area contributed by atoms with E-state index in [0.717, 1.165) is 27.0 Å². The Bertz CT molecular complexity index is 994. The second-order valence-electron chi connectivity index (χ2n) is 6.53. The fourth-order valence-electron chi connectivity index (χ4n) is 2.60. The van der Waals surface area contributed by atoms with Gasteiger partial charge < -0.3 is 4.74 Å². The van der Waals surface area contributed by atoms with Crippen molar-refractivity contribution in [2.75, 3.05) is 12.4 Å². The van der Waals surface area contributed by atoms with Crippen LogP contribution < -0.4 is 10.1 Å². The van der Waals surface area contributed by atoms with E-state index < -0.39 is 0 Å². The molecule has 0 fully saturated rings. The first kappa shape index (κ1) is 20.3. The quantitative estimate of drug-likeness (QED) is 0.439. The number of benzene rings is 2. The first-order valence-corrected chi connectivity index (χ1v) is 10.5. The lowest BCUT2D eigenvalue weighted by Crippen LogP contribution is -2.07. The number of anilines is 1. The van der Waals surface area contributed by atoms with Gasteiger partial charge in [-0.15, -0.1) is 11.3 Å². The Hall–Kier alpha value is -2.44. The number of rotatable bonds is 6. The summed E-state index contributed by atoms with van der Waals surface area (Å²) < 4.78 is 6.10. The summed E-state index contributed by atoms with van der Waals surface area (Å²) in [6.45, 7) is 4.32. The maximum Gasteiger partial charge on any atom is 0.250 e. The average molecular weight is 457 g/mol. The summed E-state index contributed by atoms with van der Waals surface area (Å²) >= 11 is 4.87. The third-order valence-corrected chi connectivity index (χ3v) is 5.59. The summed E-state index contributed by atoms with van der Waals surface area (Å²) in [5.74, 6) is 1.05. The molecule has 0 aliphatic heterocycles. The predicted molar refractivity (Wildman–Crippen MR) is 120 cm³/mol. The van der Waals surface area contributed by atoms with E-state index in [2.05, 4.69) is 52.2 Å². The summed E-state index contributed by atoms with van der Waals surface area (Å²) in [6, 6.07) is 14.0. The highest BCUT2D eigenvalue weighted by Crippen LogP contribution is 2.32. The third-order valence-electron chi connectivity index (χ3n) is 4.21. The van der Waals surface area contributed by atoms with Gasteiger partial charge in [-0.05, 0) is 57.2 Å². The molecule has 0 aliphatic carbocycles. The highest BCUT2D eigenvalue weighted by molar-refractivity contribution is 9.10. The van der Waals surface area contributed by atoms with Crippen LogP contribution in [0, 0.1) is 0 Å². The normalized spacial score (nSPS) is 11.2. The SMILES string of the molecule is COc1ccc(-c2csc(NC(=O)/C=C\c3ccc(C(C)C)cc3)n2)cc1Br. The van der Waals surface area contributed by atoms with Gasteiger partial charge in [0.05, 0.1) is 17.3 Å². The minimum absolute atomic E-state index is 0.204. The summed E-state index contributed by atoms with van der Waals surface area (Å²) in [5.41, 5.74) is 4.02. The maximum absolute atomic E-state index is 12.2. The molecule has 28 heavy (non-hydrogen) atoms. The van der Waals surface area contributed by atoms with Crippen LogP contribution in [0.4, 0.5) is 5.13 Å². The van der Waals surface area contributed by atoms with Crippen LogP contribution in [-0.2, 0) is 4.79 Å². The Labute approximate surface area is 177 Å². The molecule has 0 saturated heterocycles. The first-order chi connectivity index (χ1) is 13.5. The lowest BCUT2D eigenvalue weighted by molar-refractivity contribution is -0.111. The largest absolute Gasteiger partial charge is 0.496 e. The Balaban J connectivity index is 1.64. The van der Waals surface area contributed by atoms with Gasteiger partial charge in [0.15, 0.2) is 5.13 Å². The van der Waals surface area contributed by atoms with E-state index in [9.17, 15) is 4.79 Å². The zero-order valence-electron chi connectivity index (χ0n) is 15.9. The molecule has 0 unspecified atom stereocenters. The number of aromatic nitrogens is 1. The number of carbonyl (C=O) groups excluding carboxylic acids is 1. The fraction of sp³-hybridized carbons (Fsp3) is 0.182. The van der Waals surface area contributed by atoms with Crippen LogP contribution in [0.15, 0.2) is 58.4 Å². The van der Waals surface area contributed by atoms with E-state index in [1.807, 2.05) is 35.7 Å². The Kier molecular flexibility index (Phi) is 6.65. The molecule has 0 saturated carbocycles. The van der Waals surface area contributed by atoms with Gasteiger partial charge in [-0.2, -0.15) is 0 Å². The molecule has 1 N–H and O–H groups in total. The van der Waals surface area contributed by atoms with E-state index >= 15 is 0 Å². The second kappa shape index (κ2) is 9.17. The van der Waals surface area contributed by atoms with Crippen LogP contribution in [0.3, 0.4) is 0 Å². The molecule has 0 aliphatic rings. The van der Waals surface area contributed by atoms with Crippen LogP contribution in [-0.4, -0.2) is 18.0 Å². The summed E-state index contributed by atoms with van der Waals surface area (Å²) in [5, 5.41) is 5.29. The Morgan fingerprint density at radius 3 is 2.61 bits per heavy atom. The first-order valence-electron chi connectivity index (χ1n) is 8.84. The number of nitrogens with zero attached hydrogens (tertiary/aromatic N) is 1. The topological polar surface area (TPSA) is 51.2 Å². The van der Waals surface area contributed by atoms with Crippen molar-refractivity contribution in [3.05, 3.63) is 69.5 Å². The maximum atomic E-state index is 12.2. The number of methoxy groups -OCH3 is 1. The molecule has 1 amide bonds. The summed E-state index contributed by atoms with van der Waals surface area (Å²) in [7, 11) is 1.63. The molecule has 0 radical (unpaired) electrons. The molecule has 6 heteroatoms. The minimum Gasteiger partial charge on any atom is -0.496 e. The number of nitrogens with one attached hydrogen (secondary N) is 1. The Morgan fingerprint density at radius 1 is 1.21 bits per heavy atom. The number of thiazole rings is 1. The number of hydrogen-bond donors (Lipinski definition) is 1. The van der Waals surface area contributed by atoms with Gasteiger partial charge in [0.25, 0.3) is 0 Å². The van der Waals surface area contributed by atoms with Crippen LogP contribution in [0.25, 0.3) is 17.3 Å². The van der Waals surface area contributed by atoms with Crippen LogP contribution in [0.5, 0.6) is 5.75 Å². The molecule has 3 rings (SSSR count). The van der Waals surface area contributed by atoms with Gasteiger partial charge in [-0.1, -0.05) is 38.1 Å². The average Bonchev–Trinajstić information content (AvgIpc) is 3.15. The number of amides is 1. The molecule has 0 spiro atoms. The smallest absolute Gasteiger partial charge is 0.250 e. The van der Waals surface area contributed by atoms with E-state index in [0.29, 0.717) is 11.0 Å². The van der Waals surface area contributed by atoms with Gasteiger partial charge in [-0.25, -0.2) is 4.98 Å². The number of halogens is 1. The molecule has 1 heterocycles. The van der Waals surface area contributed by atoms with E-state index in [4.69, 9.17) is 4.74 Å². The lowest BCUT2D eigenvalue weighted by Gasteiger charge is -2.04. The van der Waals surface area contributed by atoms with Crippen molar-refractivity contribution in [3.63, 3.8) is 0 Å². The number of hydrogen-bond acceptors (Lipinski definition) is 4. The molecular weight excluding hydrogens is 436 g/mol. The highest BCUT2D eigenvalue weighted by Gasteiger charge is 2.09. The monoisotopic (exact) mass is 456 g/mol. The fourth-order valence-corrected chi connectivity index (χ4v) is 3.86. The van der Waals surface area contributed by atoms with Crippen molar-refractivity contribution in [2.24, 2.45) is 0 Å². The number of ether oxygens (including phenoxy) is 1. The van der Waals surface area contributed by atoms with Crippen LogP contribution in [0.2, 0.25) is 0 Å². The van der Waals surface area contributed by atoms with Crippen LogP contribution in [0.1, 0.15) is 30.9 Å². The van der Waals surface area contributed by atoms with Gasteiger partial charge in [0, 0.05) is 17.0 Å². The molecule has 0 atom stereocenters. The van der Waals surface area contributed by atoms with Gasteiger partial charge >= 0.3 is 0 Å². The van der Waals surface area contributed by atoms with Crippen molar-refractivity contribution >= 4 is 44.4 Å². The zero-order valence-corrected chi connectivity index (χ0v) is 18.3. The van der Waals surface area contributed by atoms with Crippen molar-refractivity contribution in [1.82, 2.24) is 4.98 Å². The molecule has 144 valence electrons. The molecule has 1 aromatic heterocycles. The lowest BCUT2D eigenvalue weighted by atomic mass is 10.0. The van der Waals surface area contributed by atoms with E-state index in [-0.39, 0.29) is 5.91 Å². The standard InChI is InChI=1S/C22H21BrN2O2S/c1-14(2)16-7-4-15(5-8-16)6-11-21(26)25-22-24-19(13-28-22)17-9-10-20(27-3)18(23)12-17/h4-14H,1-3H3,(H,24,25,26)/b11-6-.